The number of nitrogens with zero attached hydrogens (tertiary/aromatic N) is 1. The van der Waals surface area contributed by atoms with Crippen LogP contribution in [0.25, 0.3) is 11.3 Å². The number of rotatable bonds is 5. The number of non-ortho nitro benzene ring substituents is 1. The predicted octanol–water partition coefficient (Wildman–Crippen LogP) is 4.91. The van der Waals surface area contributed by atoms with Crippen LogP contribution in [0.3, 0.4) is 0 Å². The van der Waals surface area contributed by atoms with Crippen LogP contribution in [0.1, 0.15) is 16.1 Å². The first-order chi connectivity index (χ1) is 12.9. The van der Waals surface area contributed by atoms with Gasteiger partial charge in [-0.15, -0.1) is 0 Å². The first-order valence-electron chi connectivity index (χ1n) is 7.64. The van der Waals surface area contributed by atoms with Gasteiger partial charge in [0, 0.05) is 23.4 Å². The zero-order chi connectivity index (χ0) is 19.6. The largest absolute Gasteiger partial charge is 0.459 e. The fourth-order valence-electron chi connectivity index (χ4n) is 2.40. The van der Waals surface area contributed by atoms with E-state index < -0.39 is 10.8 Å². The molecule has 0 aliphatic rings. The molecule has 0 aliphatic heterocycles. The number of hydrogen-bond acceptors (Lipinski definition) is 5. The highest BCUT2D eigenvalue weighted by molar-refractivity contribution is 6.35. The summed E-state index contributed by atoms with van der Waals surface area (Å²) < 4.78 is 5.47. The van der Waals surface area contributed by atoms with Crippen LogP contribution in [0.5, 0.6) is 0 Å². The Kier molecular flexibility index (Phi) is 5.46. The van der Waals surface area contributed by atoms with E-state index in [4.69, 9.17) is 32.7 Å². The highest BCUT2D eigenvalue weighted by atomic mass is 35.5. The molecule has 3 rings (SSSR count). The number of aliphatic hydroxyl groups is 1. The Balaban J connectivity index is 1.86. The second kappa shape index (κ2) is 7.79. The van der Waals surface area contributed by atoms with Gasteiger partial charge in [-0.05, 0) is 36.4 Å². The molecule has 0 saturated carbocycles. The van der Waals surface area contributed by atoms with E-state index in [0.29, 0.717) is 27.8 Å². The molecular weight excluding hydrogens is 395 g/mol. The van der Waals surface area contributed by atoms with Gasteiger partial charge in [-0.3, -0.25) is 14.9 Å². The number of amides is 1. The molecule has 2 aromatic carbocycles. The van der Waals surface area contributed by atoms with Gasteiger partial charge in [0.05, 0.1) is 20.5 Å². The molecule has 0 bridgehead atoms. The first kappa shape index (κ1) is 18.9. The van der Waals surface area contributed by atoms with E-state index in [2.05, 4.69) is 5.32 Å². The number of carbonyl (C=O) groups is 1. The van der Waals surface area contributed by atoms with Gasteiger partial charge in [0.1, 0.15) is 18.1 Å². The van der Waals surface area contributed by atoms with Gasteiger partial charge in [-0.1, -0.05) is 23.2 Å². The molecule has 0 fully saturated rings. The summed E-state index contributed by atoms with van der Waals surface area (Å²) >= 11 is 12.2. The lowest BCUT2D eigenvalue weighted by molar-refractivity contribution is -0.384. The molecule has 0 unspecified atom stereocenters. The minimum absolute atomic E-state index is 0.0329. The standard InChI is InChI=1S/C18H12Cl2N2O5/c19-15-5-1-10(7-14(15)17-6-3-12(9-23)27-17)21-18(24)13-4-2-11(22(25)26)8-16(13)20/h1-8,23H,9H2,(H,21,24). The minimum Gasteiger partial charge on any atom is -0.459 e. The average Bonchev–Trinajstić information content (AvgIpc) is 3.12. The SMILES string of the molecule is O=C(Nc1ccc(Cl)c(-c2ccc(CO)o2)c1)c1ccc([N+](=O)[O-])cc1Cl. The number of furan rings is 1. The Hall–Kier alpha value is -2.87. The van der Waals surface area contributed by atoms with E-state index in [1.54, 1.807) is 30.3 Å². The number of nitro benzene ring substituents is 1. The van der Waals surface area contributed by atoms with Crippen LogP contribution in [0.4, 0.5) is 11.4 Å². The lowest BCUT2D eigenvalue weighted by atomic mass is 10.1. The van der Waals surface area contributed by atoms with Crippen molar-refractivity contribution in [1.29, 1.82) is 0 Å². The van der Waals surface area contributed by atoms with E-state index in [0.717, 1.165) is 6.07 Å². The van der Waals surface area contributed by atoms with Crippen molar-refractivity contribution in [2.24, 2.45) is 0 Å². The van der Waals surface area contributed by atoms with Crippen molar-refractivity contribution >= 4 is 40.5 Å². The summed E-state index contributed by atoms with van der Waals surface area (Å²) in [5, 5.41) is 22.9. The lowest BCUT2D eigenvalue weighted by Crippen LogP contribution is -2.12. The summed E-state index contributed by atoms with van der Waals surface area (Å²) in [6, 6.07) is 11.7. The predicted molar refractivity (Wildman–Crippen MR) is 101 cm³/mol. The van der Waals surface area contributed by atoms with Crippen LogP contribution in [0.2, 0.25) is 10.0 Å². The van der Waals surface area contributed by atoms with Crippen molar-refractivity contribution in [3.63, 3.8) is 0 Å². The Labute approximate surface area is 163 Å². The molecule has 0 spiro atoms. The highest BCUT2D eigenvalue weighted by Crippen LogP contribution is 2.32. The summed E-state index contributed by atoms with van der Waals surface area (Å²) in [4.78, 5) is 22.6. The molecule has 27 heavy (non-hydrogen) atoms. The average molecular weight is 407 g/mol. The third-order valence-electron chi connectivity index (χ3n) is 3.72. The Bertz CT molecular complexity index is 1030. The summed E-state index contributed by atoms with van der Waals surface area (Å²) in [6.07, 6.45) is 0. The minimum atomic E-state index is -0.594. The van der Waals surface area contributed by atoms with Crippen molar-refractivity contribution in [3.8, 4) is 11.3 Å². The second-order valence-electron chi connectivity index (χ2n) is 5.49. The van der Waals surface area contributed by atoms with Gasteiger partial charge in [-0.25, -0.2) is 0 Å². The fraction of sp³-hybridized carbons (Fsp3) is 0.0556. The number of nitro groups is 1. The molecule has 0 aliphatic carbocycles. The number of hydrogen-bond donors (Lipinski definition) is 2. The van der Waals surface area contributed by atoms with Crippen molar-refractivity contribution < 1.29 is 19.2 Å². The van der Waals surface area contributed by atoms with E-state index in [1.165, 1.54) is 12.1 Å². The summed E-state index contributed by atoms with van der Waals surface area (Å²) in [7, 11) is 0. The molecule has 1 heterocycles. The van der Waals surface area contributed by atoms with Gasteiger partial charge in [0.15, 0.2) is 0 Å². The molecule has 0 saturated heterocycles. The second-order valence-corrected chi connectivity index (χ2v) is 6.31. The normalized spacial score (nSPS) is 10.6. The van der Waals surface area contributed by atoms with Gasteiger partial charge < -0.3 is 14.8 Å². The van der Waals surface area contributed by atoms with Crippen LogP contribution < -0.4 is 5.32 Å². The van der Waals surface area contributed by atoms with Gasteiger partial charge >= 0.3 is 0 Å². The van der Waals surface area contributed by atoms with Gasteiger partial charge in [0.2, 0.25) is 0 Å². The number of anilines is 1. The number of aliphatic hydroxyl groups excluding tert-OH is 1. The number of nitrogens with one attached hydrogen (secondary N) is 1. The van der Waals surface area contributed by atoms with E-state index in [-0.39, 0.29) is 22.9 Å². The molecule has 138 valence electrons. The summed E-state index contributed by atoms with van der Waals surface area (Å²) in [5.74, 6) is 0.292. The topological polar surface area (TPSA) is 106 Å². The van der Waals surface area contributed by atoms with Crippen molar-refractivity contribution in [2.75, 3.05) is 5.32 Å². The Morgan fingerprint density at radius 3 is 2.52 bits per heavy atom. The van der Waals surface area contributed by atoms with Crippen LogP contribution in [0, 0.1) is 10.1 Å². The van der Waals surface area contributed by atoms with Crippen LogP contribution in [0.15, 0.2) is 52.9 Å². The lowest BCUT2D eigenvalue weighted by Gasteiger charge is -2.09. The fourth-order valence-corrected chi connectivity index (χ4v) is 2.87. The number of carbonyl (C=O) groups excluding carboxylic acids is 1. The molecule has 2 N–H and O–H groups in total. The third kappa shape index (κ3) is 4.11. The van der Waals surface area contributed by atoms with E-state index in [1.807, 2.05) is 0 Å². The third-order valence-corrected chi connectivity index (χ3v) is 4.36. The molecule has 9 heteroatoms. The van der Waals surface area contributed by atoms with Gasteiger partial charge in [-0.2, -0.15) is 0 Å². The quantitative estimate of drug-likeness (QED) is 0.462. The van der Waals surface area contributed by atoms with E-state index in [9.17, 15) is 14.9 Å². The Morgan fingerprint density at radius 2 is 1.89 bits per heavy atom. The van der Waals surface area contributed by atoms with Crippen molar-refractivity contribution in [2.45, 2.75) is 6.61 Å². The molecule has 1 aromatic heterocycles. The Morgan fingerprint density at radius 1 is 1.11 bits per heavy atom. The molecule has 0 radical (unpaired) electrons. The van der Waals surface area contributed by atoms with E-state index >= 15 is 0 Å². The van der Waals surface area contributed by atoms with Crippen LogP contribution in [-0.2, 0) is 6.61 Å². The summed E-state index contributed by atoms with van der Waals surface area (Å²) in [6.45, 7) is -0.243. The maximum Gasteiger partial charge on any atom is 0.270 e. The van der Waals surface area contributed by atoms with Crippen molar-refractivity contribution in [1.82, 2.24) is 0 Å². The molecule has 1 amide bonds. The number of halogens is 2. The van der Waals surface area contributed by atoms with Gasteiger partial charge in [0.25, 0.3) is 11.6 Å². The van der Waals surface area contributed by atoms with Crippen LogP contribution in [-0.4, -0.2) is 15.9 Å². The zero-order valence-electron chi connectivity index (χ0n) is 13.6. The molecule has 3 aromatic rings. The zero-order valence-corrected chi connectivity index (χ0v) is 15.1. The molecule has 0 atom stereocenters. The number of benzene rings is 2. The highest BCUT2D eigenvalue weighted by Gasteiger charge is 2.16. The molecule has 7 nitrogen and oxygen atoms in total. The maximum absolute atomic E-state index is 12.4. The van der Waals surface area contributed by atoms with Crippen LogP contribution >= 0.6 is 23.2 Å². The first-order valence-corrected chi connectivity index (χ1v) is 8.39. The molecular formula is C18H12Cl2N2O5. The smallest absolute Gasteiger partial charge is 0.270 e. The van der Waals surface area contributed by atoms with Crippen molar-refractivity contribution in [3.05, 3.63) is 80.0 Å². The summed E-state index contributed by atoms with van der Waals surface area (Å²) in [5.41, 5.74) is 0.849. The monoisotopic (exact) mass is 406 g/mol. The maximum atomic E-state index is 12.4.